The molecule has 0 radical (unpaired) electrons. The SMILES string of the molecule is CCOc1ccc(OCC)c(NC(=O)C(C)(C)Br)c1. The Kier molecular flexibility index (Phi) is 5.66. The molecule has 1 N–H and O–H groups in total. The van der Waals surface area contributed by atoms with E-state index < -0.39 is 4.32 Å². The van der Waals surface area contributed by atoms with Gasteiger partial charge in [-0.25, -0.2) is 0 Å². The van der Waals surface area contributed by atoms with Crippen LogP contribution in [0.4, 0.5) is 5.69 Å². The minimum absolute atomic E-state index is 0.137. The molecule has 0 aromatic heterocycles. The fourth-order valence-corrected chi connectivity index (χ4v) is 1.51. The summed E-state index contributed by atoms with van der Waals surface area (Å²) in [5, 5.41) is 2.84. The molecule has 0 aliphatic carbocycles. The number of benzene rings is 1. The van der Waals surface area contributed by atoms with Crippen molar-refractivity contribution in [3.8, 4) is 11.5 Å². The molecule has 0 atom stereocenters. The van der Waals surface area contributed by atoms with Gasteiger partial charge in [-0.2, -0.15) is 0 Å². The zero-order valence-corrected chi connectivity index (χ0v) is 13.3. The minimum Gasteiger partial charge on any atom is -0.494 e. The molecule has 0 aliphatic rings. The quantitative estimate of drug-likeness (QED) is 0.811. The van der Waals surface area contributed by atoms with Gasteiger partial charge in [-0.1, -0.05) is 15.9 Å². The van der Waals surface area contributed by atoms with Gasteiger partial charge in [0, 0.05) is 6.07 Å². The van der Waals surface area contributed by atoms with Crippen molar-refractivity contribution in [1.82, 2.24) is 0 Å². The van der Waals surface area contributed by atoms with Gasteiger partial charge in [0.2, 0.25) is 5.91 Å². The van der Waals surface area contributed by atoms with E-state index >= 15 is 0 Å². The van der Waals surface area contributed by atoms with Crippen molar-refractivity contribution in [2.24, 2.45) is 0 Å². The number of nitrogens with one attached hydrogen (secondary N) is 1. The summed E-state index contributed by atoms with van der Waals surface area (Å²) in [4.78, 5) is 12.0. The fraction of sp³-hybridized carbons (Fsp3) is 0.500. The highest BCUT2D eigenvalue weighted by atomic mass is 79.9. The predicted molar refractivity (Wildman–Crippen MR) is 80.4 cm³/mol. The number of rotatable bonds is 6. The third kappa shape index (κ3) is 4.74. The van der Waals surface area contributed by atoms with Crippen molar-refractivity contribution in [2.75, 3.05) is 18.5 Å². The Balaban J connectivity index is 3.00. The van der Waals surface area contributed by atoms with Gasteiger partial charge in [-0.15, -0.1) is 0 Å². The highest BCUT2D eigenvalue weighted by Gasteiger charge is 2.24. The van der Waals surface area contributed by atoms with Crippen molar-refractivity contribution < 1.29 is 14.3 Å². The average molecular weight is 330 g/mol. The first kappa shape index (κ1) is 15.8. The minimum atomic E-state index is -0.641. The van der Waals surface area contributed by atoms with Crippen LogP contribution in [0.5, 0.6) is 11.5 Å². The molecule has 1 aromatic rings. The molecule has 0 unspecified atom stereocenters. The van der Waals surface area contributed by atoms with Gasteiger partial charge in [0.25, 0.3) is 0 Å². The summed E-state index contributed by atoms with van der Waals surface area (Å²) in [5.74, 6) is 1.20. The highest BCUT2D eigenvalue weighted by molar-refractivity contribution is 9.10. The lowest BCUT2D eigenvalue weighted by molar-refractivity contribution is -0.117. The van der Waals surface area contributed by atoms with Crippen LogP contribution in [-0.4, -0.2) is 23.4 Å². The van der Waals surface area contributed by atoms with E-state index in [1.807, 2.05) is 19.9 Å². The highest BCUT2D eigenvalue weighted by Crippen LogP contribution is 2.31. The van der Waals surface area contributed by atoms with E-state index in [0.29, 0.717) is 30.4 Å². The number of halogens is 1. The van der Waals surface area contributed by atoms with Crippen LogP contribution in [0.25, 0.3) is 0 Å². The molecule has 1 aromatic carbocycles. The number of hydrogen-bond donors (Lipinski definition) is 1. The third-order valence-corrected chi connectivity index (χ3v) is 2.71. The number of hydrogen-bond acceptors (Lipinski definition) is 3. The van der Waals surface area contributed by atoms with Crippen LogP contribution in [0.3, 0.4) is 0 Å². The van der Waals surface area contributed by atoms with E-state index in [1.54, 1.807) is 26.0 Å². The van der Waals surface area contributed by atoms with Gasteiger partial charge in [0.1, 0.15) is 11.5 Å². The predicted octanol–water partition coefficient (Wildman–Crippen LogP) is 3.60. The van der Waals surface area contributed by atoms with Gasteiger partial charge in [-0.05, 0) is 39.8 Å². The molecular weight excluding hydrogens is 310 g/mol. The maximum absolute atomic E-state index is 12.0. The Morgan fingerprint density at radius 2 is 1.89 bits per heavy atom. The van der Waals surface area contributed by atoms with E-state index in [2.05, 4.69) is 21.2 Å². The number of anilines is 1. The Labute approximate surface area is 122 Å². The summed E-state index contributed by atoms with van der Waals surface area (Å²) in [6.45, 7) is 8.50. The van der Waals surface area contributed by atoms with Crippen LogP contribution < -0.4 is 14.8 Å². The Morgan fingerprint density at radius 1 is 1.26 bits per heavy atom. The van der Waals surface area contributed by atoms with Gasteiger partial charge >= 0.3 is 0 Å². The normalized spacial score (nSPS) is 11.0. The van der Waals surface area contributed by atoms with E-state index in [1.165, 1.54) is 0 Å². The molecule has 1 amide bonds. The van der Waals surface area contributed by atoms with Crippen LogP contribution in [0, 0.1) is 0 Å². The molecule has 0 saturated carbocycles. The molecule has 0 aliphatic heterocycles. The molecule has 0 spiro atoms. The number of carbonyl (C=O) groups is 1. The molecular formula is C14H20BrNO3. The van der Waals surface area contributed by atoms with Crippen molar-refractivity contribution >= 4 is 27.5 Å². The third-order valence-electron chi connectivity index (χ3n) is 2.35. The largest absolute Gasteiger partial charge is 0.494 e. The maximum Gasteiger partial charge on any atom is 0.240 e. The standard InChI is InChI=1S/C14H20BrNO3/c1-5-18-10-7-8-12(19-6-2)11(9-10)16-13(17)14(3,4)15/h7-9H,5-6H2,1-4H3,(H,16,17). The molecule has 0 bridgehead atoms. The van der Waals surface area contributed by atoms with E-state index in [0.717, 1.165) is 0 Å². The lowest BCUT2D eigenvalue weighted by atomic mass is 10.2. The zero-order chi connectivity index (χ0) is 14.5. The van der Waals surface area contributed by atoms with Crippen molar-refractivity contribution in [2.45, 2.75) is 32.0 Å². The van der Waals surface area contributed by atoms with Crippen LogP contribution in [-0.2, 0) is 4.79 Å². The zero-order valence-electron chi connectivity index (χ0n) is 11.7. The summed E-state index contributed by atoms with van der Waals surface area (Å²) >= 11 is 3.33. The molecule has 5 heteroatoms. The summed E-state index contributed by atoms with van der Waals surface area (Å²) in [6.07, 6.45) is 0. The van der Waals surface area contributed by atoms with Crippen LogP contribution in [0.1, 0.15) is 27.7 Å². The van der Waals surface area contributed by atoms with E-state index in [-0.39, 0.29) is 5.91 Å². The number of alkyl halides is 1. The number of amides is 1. The number of carbonyl (C=O) groups excluding carboxylic acids is 1. The monoisotopic (exact) mass is 329 g/mol. The molecule has 0 heterocycles. The smallest absolute Gasteiger partial charge is 0.240 e. The van der Waals surface area contributed by atoms with Crippen LogP contribution in [0.2, 0.25) is 0 Å². The summed E-state index contributed by atoms with van der Waals surface area (Å²) in [6, 6.07) is 5.39. The van der Waals surface area contributed by atoms with Gasteiger partial charge in [-0.3, -0.25) is 4.79 Å². The van der Waals surface area contributed by atoms with Crippen molar-refractivity contribution in [3.05, 3.63) is 18.2 Å². The summed E-state index contributed by atoms with van der Waals surface area (Å²) < 4.78 is 10.3. The van der Waals surface area contributed by atoms with Crippen molar-refractivity contribution in [1.29, 1.82) is 0 Å². The Morgan fingerprint density at radius 3 is 2.42 bits per heavy atom. The molecule has 106 valence electrons. The topological polar surface area (TPSA) is 47.6 Å². The lowest BCUT2D eigenvalue weighted by Gasteiger charge is -2.18. The van der Waals surface area contributed by atoms with Crippen molar-refractivity contribution in [3.63, 3.8) is 0 Å². The average Bonchev–Trinajstić information content (AvgIpc) is 2.32. The van der Waals surface area contributed by atoms with Gasteiger partial charge < -0.3 is 14.8 Å². The second-order valence-corrected chi connectivity index (χ2v) is 6.43. The Bertz CT molecular complexity index is 441. The molecule has 4 nitrogen and oxygen atoms in total. The van der Waals surface area contributed by atoms with Crippen LogP contribution in [0.15, 0.2) is 18.2 Å². The van der Waals surface area contributed by atoms with E-state index in [4.69, 9.17) is 9.47 Å². The van der Waals surface area contributed by atoms with Gasteiger partial charge in [0.05, 0.1) is 23.2 Å². The molecule has 0 saturated heterocycles. The molecule has 19 heavy (non-hydrogen) atoms. The van der Waals surface area contributed by atoms with Crippen LogP contribution >= 0.6 is 15.9 Å². The lowest BCUT2D eigenvalue weighted by Crippen LogP contribution is -2.31. The summed E-state index contributed by atoms with van der Waals surface area (Å²) in [5.41, 5.74) is 0.616. The fourth-order valence-electron chi connectivity index (χ4n) is 1.42. The Hall–Kier alpha value is -1.23. The van der Waals surface area contributed by atoms with E-state index in [9.17, 15) is 4.79 Å². The first-order chi connectivity index (χ1) is 8.88. The molecule has 1 rings (SSSR count). The maximum atomic E-state index is 12.0. The first-order valence-corrected chi connectivity index (χ1v) is 7.07. The van der Waals surface area contributed by atoms with Gasteiger partial charge in [0.15, 0.2) is 0 Å². The second kappa shape index (κ2) is 6.80. The molecule has 0 fully saturated rings. The number of ether oxygens (including phenoxy) is 2. The second-order valence-electron chi connectivity index (χ2n) is 4.45. The summed E-state index contributed by atoms with van der Waals surface area (Å²) in [7, 11) is 0. The first-order valence-electron chi connectivity index (χ1n) is 6.28.